The largest absolute Gasteiger partial charge is 0.377 e. The summed E-state index contributed by atoms with van der Waals surface area (Å²) in [5, 5.41) is 3.99. The lowest BCUT2D eigenvalue weighted by atomic mass is 10.3. The van der Waals surface area contributed by atoms with Gasteiger partial charge in [0.2, 0.25) is 0 Å². The molecule has 0 saturated carbocycles. The quantitative estimate of drug-likeness (QED) is 0.699. The standard InChI is InChI=1S/C12H19N3O3/c1-4-5-14(2)10-6-12(17)15(13-7-10)8-11(16)9-18-3/h6-7H,4-5,8-9H2,1-3H3. The Hall–Kier alpha value is -1.69. The molecule has 0 aliphatic heterocycles. The number of nitrogens with zero attached hydrogens (tertiary/aromatic N) is 3. The number of hydrogen-bond acceptors (Lipinski definition) is 5. The van der Waals surface area contributed by atoms with Crippen molar-refractivity contribution in [3.63, 3.8) is 0 Å². The molecule has 0 radical (unpaired) electrons. The Morgan fingerprint density at radius 3 is 2.83 bits per heavy atom. The zero-order chi connectivity index (χ0) is 13.5. The molecule has 0 atom stereocenters. The number of carbonyl (C=O) groups excluding carboxylic acids is 1. The van der Waals surface area contributed by atoms with E-state index in [2.05, 4.69) is 12.0 Å². The van der Waals surface area contributed by atoms with Gasteiger partial charge in [0.05, 0.1) is 11.9 Å². The Balaban J connectivity index is 2.80. The molecule has 0 saturated heterocycles. The van der Waals surface area contributed by atoms with Crippen LogP contribution in [0.2, 0.25) is 0 Å². The van der Waals surface area contributed by atoms with Crippen molar-refractivity contribution in [1.82, 2.24) is 9.78 Å². The van der Waals surface area contributed by atoms with E-state index in [0.717, 1.165) is 23.3 Å². The van der Waals surface area contributed by atoms with E-state index >= 15 is 0 Å². The molecule has 100 valence electrons. The number of ketones is 1. The van der Waals surface area contributed by atoms with Crippen LogP contribution >= 0.6 is 0 Å². The normalized spacial score (nSPS) is 10.4. The highest BCUT2D eigenvalue weighted by atomic mass is 16.5. The first-order chi connectivity index (χ1) is 8.58. The fourth-order valence-electron chi connectivity index (χ4n) is 1.59. The van der Waals surface area contributed by atoms with Gasteiger partial charge in [-0.25, -0.2) is 4.68 Å². The van der Waals surface area contributed by atoms with Crippen LogP contribution in [0.5, 0.6) is 0 Å². The molecule has 0 aromatic carbocycles. The Kier molecular flexibility index (Phi) is 5.51. The Bertz CT molecular complexity index is 456. The number of rotatable bonds is 7. The summed E-state index contributed by atoms with van der Waals surface area (Å²) in [5.41, 5.74) is 0.484. The van der Waals surface area contributed by atoms with E-state index in [1.165, 1.54) is 13.2 Å². The Morgan fingerprint density at radius 1 is 1.56 bits per heavy atom. The molecular weight excluding hydrogens is 234 g/mol. The lowest BCUT2D eigenvalue weighted by Crippen LogP contribution is -2.29. The number of ether oxygens (including phenoxy) is 1. The van der Waals surface area contributed by atoms with Gasteiger partial charge < -0.3 is 9.64 Å². The second kappa shape index (κ2) is 6.90. The third kappa shape index (κ3) is 3.96. The number of anilines is 1. The minimum atomic E-state index is -0.278. The predicted molar refractivity (Wildman–Crippen MR) is 68.9 cm³/mol. The smallest absolute Gasteiger partial charge is 0.269 e. The molecule has 0 N–H and O–H groups in total. The van der Waals surface area contributed by atoms with Crippen LogP contribution in [0.15, 0.2) is 17.1 Å². The van der Waals surface area contributed by atoms with Crippen molar-refractivity contribution in [1.29, 1.82) is 0 Å². The van der Waals surface area contributed by atoms with Gasteiger partial charge in [0.15, 0.2) is 5.78 Å². The molecule has 1 aromatic heterocycles. The van der Waals surface area contributed by atoms with Gasteiger partial charge in [0.1, 0.15) is 13.2 Å². The Labute approximate surface area is 106 Å². The minimum Gasteiger partial charge on any atom is -0.377 e. The highest BCUT2D eigenvalue weighted by Gasteiger charge is 2.07. The molecule has 0 spiro atoms. The summed E-state index contributed by atoms with van der Waals surface area (Å²) in [6.07, 6.45) is 2.59. The first kappa shape index (κ1) is 14.4. The molecule has 0 fully saturated rings. The summed E-state index contributed by atoms with van der Waals surface area (Å²) in [7, 11) is 3.34. The van der Waals surface area contributed by atoms with Gasteiger partial charge in [0, 0.05) is 26.8 Å². The van der Waals surface area contributed by atoms with E-state index in [1.807, 2.05) is 11.9 Å². The summed E-state index contributed by atoms with van der Waals surface area (Å²) in [5.74, 6) is -0.179. The number of methoxy groups -OCH3 is 1. The van der Waals surface area contributed by atoms with E-state index in [0.29, 0.717) is 0 Å². The minimum absolute atomic E-state index is 0.00832. The van der Waals surface area contributed by atoms with Crippen molar-refractivity contribution in [3.8, 4) is 0 Å². The molecule has 0 amide bonds. The molecular formula is C12H19N3O3. The summed E-state index contributed by atoms with van der Waals surface area (Å²) in [6.45, 7) is 2.86. The van der Waals surface area contributed by atoms with Crippen molar-refractivity contribution >= 4 is 11.5 Å². The van der Waals surface area contributed by atoms with Crippen molar-refractivity contribution in [2.24, 2.45) is 0 Å². The molecule has 0 unspecified atom stereocenters. The van der Waals surface area contributed by atoms with Crippen LogP contribution in [0.4, 0.5) is 5.69 Å². The van der Waals surface area contributed by atoms with Gasteiger partial charge in [-0.1, -0.05) is 6.92 Å². The number of carbonyl (C=O) groups is 1. The topological polar surface area (TPSA) is 64.4 Å². The second-order valence-corrected chi connectivity index (χ2v) is 4.10. The molecule has 0 bridgehead atoms. The fraction of sp³-hybridized carbons (Fsp3) is 0.583. The first-order valence-corrected chi connectivity index (χ1v) is 5.87. The van der Waals surface area contributed by atoms with Gasteiger partial charge in [-0.05, 0) is 6.42 Å². The summed E-state index contributed by atoms with van der Waals surface area (Å²) in [6, 6.07) is 1.49. The van der Waals surface area contributed by atoms with Crippen molar-refractivity contribution in [2.45, 2.75) is 19.9 Å². The van der Waals surface area contributed by atoms with Crippen LogP contribution in [-0.4, -0.2) is 42.9 Å². The van der Waals surface area contributed by atoms with Gasteiger partial charge in [0.25, 0.3) is 5.56 Å². The lowest BCUT2D eigenvalue weighted by Gasteiger charge is -2.17. The lowest BCUT2D eigenvalue weighted by molar-refractivity contribution is -0.123. The maximum absolute atomic E-state index is 11.8. The van der Waals surface area contributed by atoms with Crippen molar-refractivity contribution < 1.29 is 9.53 Å². The molecule has 0 aliphatic carbocycles. The van der Waals surface area contributed by atoms with Gasteiger partial charge in [-0.15, -0.1) is 0 Å². The number of hydrogen-bond donors (Lipinski definition) is 0. The highest BCUT2D eigenvalue weighted by Crippen LogP contribution is 2.06. The second-order valence-electron chi connectivity index (χ2n) is 4.10. The van der Waals surface area contributed by atoms with Crippen LogP contribution < -0.4 is 10.5 Å². The van der Waals surface area contributed by atoms with E-state index in [4.69, 9.17) is 4.74 Å². The molecule has 0 aliphatic rings. The number of aromatic nitrogens is 2. The van der Waals surface area contributed by atoms with Gasteiger partial charge in [-0.3, -0.25) is 9.59 Å². The zero-order valence-electron chi connectivity index (χ0n) is 11.0. The maximum Gasteiger partial charge on any atom is 0.269 e. The van der Waals surface area contributed by atoms with Crippen LogP contribution in [0, 0.1) is 0 Å². The highest BCUT2D eigenvalue weighted by molar-refractivity contribution is 5.79. The van der Waals surface area contributed by atoms with Crippen LogP contribution in [0.3, 0.4) is 0 Å². The molecule has 1 aromatic rings. The van der Waals surface area contributed by atoms with Crippen LogP contribution in [0.25, 0.3) is 0 Å². The summed E-state index contributed by atoms with van der Waals surface area (Å²) >= 11 is 0. The van der Waals surface area contributed by atoms with Gasteiger partial charge in [-0.2, -0.15) is 5.10 Å². The molecule has 1 heterocycles. The van der Waals surface area contributed by atoms with Crippen molar-refractivity contribution in [2.75, 3.05) is 32.2 Å². The molecule has 18 heavy (non-hydrogen) atoms. The van der Waals surface area contributed by atoms with Crippen molar-refractivity contribution in [3.05, 3.63) is 22.6 Å². The summed E-state index contributed by atoms with van der Waals surface area (Å²) < 4.78 is 5.85. The van der Waals surface area contributed by atoms with E-state index in [1.54, 1.807) is 6.20 Å². The SMILES string of the molecule is CCCN(C)c1cnn(CC(=O)COC)c(=O)c1. The maximum atomic E-state index is 11.8. The third-order valence-corrected chi connectivity index (χ3v) is 2.49. The summed E-state index contributed by atoms with van der Waals surface area (Å²) in [4.78, 5) is 25.1. The average molecular weight is 253 g/mol. The fourth-order valence-corrected chi connectivity index (χ4v) is 1.59. The van der Waals surface area contributed by atoms with Crippen LogP contribution in [0.1, 0.15) is 13.3 Å². The number of Topliss-reactive ketones (excluding diaryl/α,β-unsaturated/α-hetero) is 1. The monoisotopic (exact) mass is 253 g/mol. The average Bonchev–Trinajstić information content (AvgIpc) is 2.32. The van der Waals surface area contributed by atoms with E-state index < -0.39 is 0 Å². The van der Waals surface area contributed by atoms with E-state index in [-0.39, 0.29) is 24.5 Å². The molecule has 6 heteroatoms. The first-order valence-electron chi connectivity index (χ1n) is 5.87. The predicted octanol–water partition coefficient (Wildman–Crippen LogP) is 0.305. The molecule has 6 nitrogen and oxygen atoms in total. The van der Waals surface area contributed by atoms with Gasteiger partial charge >= 0.3 is 0 Å². The van der Waals surface area contributed by atoms with E-state index in [9.17, 15) is 9.59 Å². The third-order valence-electron chi connectivity index (χ3n) is 2.49. The zero-order valence-corrected chi connectivity index (χ0v) is 11.0. The van der Waals surface area contributed by atoms with Crippen LogP contribution in [-0.2, 0) is 16.1 Å². The molecule has 1 rings (SSSR count). The Morgan fingerprint density at radius 2 is 2.28 bits per heavy atom.